The van der Waals surface area contributed by atoms with E-state index in [0.717, 1.165) is 0 Å². The number of hydrogen-bond acceptors (Lipinski definition) is 6. The van der Waals surface area contributed by atoms with Crippen LogP contribution in [0.1, 0.15) is 24.3 Å². The van der Waals surface area contributed by atoms with Crippen LogP contribution < -0.4 is 10.9 Å². The molecular formula is C17H15ClN2O5S. The van der Waals surface area contributed by atoms with Crippen molar-refractivity contribution in [1.82, 2.24) is 4.57 Å². The number of thiophene rings is 1. The highest BCUT2D eigenvalue weighted by Gasteiger charge is 2.21. The predicted octanol–water partition coefficient (Wildman–Crippen LogP) is 2.41. The maximum atomic E-state index is 12.5. The fourth-order valence-corrected chi connectivity index (χ4v) is 3.92. The molecule has 0 fully saturated rings. The lowest BCUT2D eigenvalue weighted by Gasteiger charge is -2.14. The normalized spacial score (nSPS) is 11.3. The number of amides is 1. The standard InChI is InChI=1S/C17H15ClN2O5S/c1-8(21)19-11-3-2-9(6-10(11)18)7-20-12-4-5-26-15(12)13(17(24)25)14(22)16(20)23/h2-6,17,22,24-25H,7H2,1H3,(H,19,21). The molecule has 7 nitrogen and oxygen atoms in total. The van der Waals surface area contributed by atoms with E-state index in [1.165, 1.54) is 22.8 Å². The first-order valence-electron chi connectivity index (χ1n) is 7.54. The van der Waals surface area contributed by atoms with Gasteiger partial charge in [-0.05, 0) is 29.1 Å². The van der Waals surface area contributed by atoms with E-state index in [4.69, 9.17) is 11.6 Å². The average molecular weight is 395 g/mol. The molecule has 2 aromatic heterocycles. The van der Waals surface area contributed by atoms with Gasteiger partial charge in [-0.1, -0.05) is 17.7 Å². The number of nitrogens with zero attached hydrogens (tertiary/aromatic N) is 1. The highest BCUT2D eigenvalue weighted by Crippen LogP contribution is 2.33. The number of aliphatic hydroxyl groups is 2. The molecule has 9 heteroatoms. The summed E-state index contributed by atoms with van der Waals surface area (Å²) in [6.45, 7) is 1.48. The number of benzene rings is 1. The van der Waals surface area contributed by atoms with Gasteiger partial charge in [-0.15, -0.1) is 11.3 Å². The summed E-state index contributed by atoms with van der Waals surface area (Å²) in [6.07, 6.45) is -1.95. The van der Waals surface area contributed by atoms with Gasteiger partial charge in [-0.3, -0.25) is 14.2 Å². The molecule has 0 unspecified atom stereocenters. The Morgan fingerprint density at radius 2 is 2.08 bits per heavy atom. The summed E-state index contributed by atoms with van der Waals surface area (Å²) in [5.41, 5.74) is 0.673. The Bertz CT molecular complexity index is 1060. The molecule has 0 aliphatic rings. The lowest BCUT2D eigenvalue weighted by molar-refractivity contribution is -0.114. The number of aromatic nitrogens is 1. The van der Waals surface area contributed by atoms with Crippen LogP contribution in [0.5, 0.6) is 5.75 Å². The molecule has 1 amide bonds. The molecular weight excluding hydrogens is 380 g/mol. The fourth-order valence-electron chi connectivity index (χ4n) is 2.70. The number of carbonyl (C=O) groups excluding carboxylic acids is 1. The van der Waals surface area contributed by atoms with Crippen LogP contribution in [0.15, 0.2) is 34.4 Å². The maximum Gasteiger partial charge on any atom is 0.294 e. The molecule has 136 valence electrons. The van der Waals surface area contributed by atoms with E-state index in [-0.39, 0.29) is 18.0 Å². The molecule has 0 aliphatic heterocycles. The zero-order chi connectivity index (χ0) is 19.0. The summed E-state index contributed by atoms with van der Waals surface area (Å²) < 4.78 is 1.75. The van der Waals surface area contributed by atoms with Crippen LogP contribution in [0, 0.1) is 0 Å². The smallest absolute Gasteiger partial charge is 0.294 e. The van der Waals surface area contributed by atoms with Crippen LogP contribution in [0.25, 0.3) is 10.2 Å². The van der Waals surface area contributed by atoms with Gasteiger partial charge in [0.05, 0.1) is 33.0 Å². The van der Waals surface area contributed by atoms with Crippen molar-refractivity contribution in [3.05, 3.63) is 56.1 Å². The second-order valence-corrected chi connectivity index (χ2v) is 6.98. The first-order valence-corrected chi connectivity index (χ1v) is 8.80. The summed E-state index contributed by atoms with van der Waals surface area (Å²) in [5, 5.41) is 33.7. The number of aliphatic hydroxyl groups excluding tert-OH is 1. The van der Waals surface area contributed by atoms with Gasteiger partial charge in [0.15, 0.2) is 12.0 Å². The molecule has 0 aliphatic carbocycles. The Morgan fingerprint density at radius 3 is 2.69 bits per heavy atom. The van der Waals surface area contributed by atoms with Gasteiger partial charge in [0.25, 0.3) is 5.56 Å². The van der Waals surface area contributed by atoms with Crippen molar-refractivity contribution in [2.45, 2.75) is 19.8 Å². The molecule has 0 saturated carbocycles. The number of halogens is 1. The Labute approximate surface area is 156 Å². The zero-order valence-corrected chi connectivity index (χ0v) is 15.1. The second kappa shape index (κ2) is 7.08. The third kappa shape index (κ3) is 3.32. The summed E-state index contributed by atoms with van der Waals surface area (Å²) in [6, 6.07) is 6.61. The van der Waals surface area contributed by atoms with Crippen molar-refractivity contribution in [1.29, 1.82) is 0 Å². The van der Waals surface area contributed by atoms with Gasteiger partial charge < -0.3 is 20.6 Å². The van der Waals surface area contributed by atoms with Crippen molar-refractivity contribution in [3.63, 3.8) is 0 Å². The number of nitrogens with one attached hydrogen (secondary N) is 1. The predicted molar refractivity (Wildman–Crippen MR) is 99.8 cm³/mol. The van der Waals surface area contributed by atoms with E-state index >= 15 is 0 Å². The van der Waals surface area contributed by atoms with E-state index < -0.39 is 17.6 Å². The minimum atomic E-state index is -1.95. The van der Waals surface area contributed by atoms with E-state index in [2.05, 4.69) is 5.32 Å². The molecule has 26 heavy (non-hydrogen) atoms. The lowest BCUT2D eigenvalue weighted by atomic mass is 10.1. The minimum Gasteiger partial charge on any atom is -0.503 e. The molecule has 0 radical (unpaired) electrons. The summed E-state index contributed by atoms with van der Waals surface area (Å²) in [4.78, 5) is 23.7. The van der Waals surface area contributed by atoms with E-state index in [1.807, 2.05) is 0 Å². The van der Waals surface area contributed by atoms with Crippen LogP contribution in [0.2, 0.25) is 5.02 Å². The summed E-state index contributed by atoms with van der Waals surface area (Å²) >= 11 is 7.35. The Hall–Kier alpha value is -2.39. The molecule has 3 aromatic rings. The number of fused-ring (bicyclic) bond motifs is 1. The van der Waals surface area contributed by atoms with Crippen molar-refractivity contribution < 1.29 is 20.1 Å². The maximum absolute atomic E-state index is 12.5. The first kappa shape index (κ1) is 18.4. The van der Waals surface area contributed by atoms with E-state index in [9.17, 15) is 24.9 Å². The zero-order valence-electron chi connectivity index (χ0n) is 13.6. The largest absolute Gasteiger partial charge is 0.503 e. The average Bonchev–Trinajstić information content (AvgIpc) is 3.02. The lowest BCUT2D eigenvalue weighted by Crippen LogP contribution is -2.22. The van der Waals surface area contributed by atoms with E-state index in [1.54, 1.807) is 29.6 Å². The van der Waals surface area contributed by atoms with Crippen molar-refractivity contribution in [3.8, 4) is 5.75 Å². The highest BCUT2D eigenvalue weighted by molar-refractivity contribution is 7.17. The molecule has 0 saturated heterocycles. The molecule has 0 atom stereocenters. The first-order chi connectivity index (χ1) is 12.3. The number of hydrogen-bond donors (Lipinski definition) is 4. The van der Waals surface area contributed by atoms with Gasteiger partial charge in [0, 0.05) is 6.92 Å². The molecule has 0 spiro atoms. The molecule has 2 heterocycles. The van der Waals surface area contributed by atoms with Crippen molar-refractivity contribution in [2.24, 2.45) is 0 Å². The van der Waals surface area contributed by atoms with Crippen LogP contribution in [-0.2, 0) is 11.3 Å². The van der Waals surface area contributed by atoms with Crippen LogP contribution >= 0.6 is 22.9 Å². The van der Waals surface area contributed by atoms with Gasteiger partial charge in [-0.25, -0.2) is 0 Å². The van der Waals surface area contributed by atoms with Crippen LogP contribution in [0.3, 0.4) is 0 Å². The van der Waals surface area contributed by atoms with Crippen molar-refractivity contribution >= 4 is 44.7 Å². The topological polar surface area (TPSA) is 112 Å². The van der Waals surface area contributed by atoms with Gasteiger partial charge in [0.2, 0.25) is 5.91 Å². The number of pyridine rings is 1. The van der Waals surface area contributed by atoms with Crippen LogP contribution in [-0.4, -0.2) is 25.8 Å². The fraction of sp³-hybridized carbons (Fsp3) is 0.176. The Morgan fingerprint density at radius 1 is 1.35 bits per heavy atom. The number of rotatable bonds is 4. The summed E-state index contributed by atoms with van der Waals surface area (Å²) in [5.74, 6) is -0.949. The second-order valence-electron chi connectivity index (χ2n) is 5.66. The SMILES string of the molecule is CC(=O)Nc1ccc(Cn2c(=O)c(O)c(C(O)O)c3sccc32)cc1Cl. The number of anilines is 1. The van der Waals surface area contributed by atoms with Gasteiger partial charge >= 0.3 is 0 Å². The molecule has 0 bridgehead atoms. The van der Waals surface area contributed by atoms with Crippen LogP contribution in [0.4, 0.5) is 5.69 Å². The molecule has 1 aromatic carbocycles. The van der Waals surface area contributed by atoms with Gasteiger partial charge in [-0.2, -0.15) is 0 Å². The Balaban J connectivity index is 2.08. The number of carbonyl (C=O) groups is 1. The quantitative estimate of drug-likeness (QED) is 0.508. The number of aromatic hydroxyl groups is 1. The molecule has 4 N–H and O–H groups in total. The monoisotopic (exact) mass is 394 g/mol. The molecule has 3 rings (SSSR count). The third-order valence-corrected chi connectivity index (χ3v) is 5.08. The summed E-state index contributed by atoms with van der Waals surface area (Å²) in [7, 11) is 0. The van der Waals surface area contributed by atoms with Crippen molar-refractivity contribution in [2.75, 3.05) is 5.32 Å². The highest BCUT2D eigenvalue weighted by atomic mass is 35.5. The third-order valence-electron chi connectivity index (χ3n) is 3.83. The van der Waals surface area contributed by atoms with Gasteiger partial charge in [0.1, 0.15) is 0 Å². The minimum absolute atomic E-state index is 0.113. The van der Waals surface area contributed by atoms with E-state index in [0.29, 0.717) is 26.5 Å². The Kier molecular flexibility index (Phi) is 5.01.